The van der Waals surface area contributed by atoms with Crippen molar-refractivity contribution in [2.45, 2.75) is 0 Å². The number of pyridine rings is 2. The van der Waals surface area contributed by atoms with Gasteiger partial charge in [0.05, 0.1) is 11.0 Å². The minimum Gasteiger partial charge on any atom is -0.255 e. The lowest BCUT2D eigenvalue weighted by Gasteiger charge is -2.07. The van der Waals surface area contributed by atoms with Crippen LogP contribution in [0.15, 0.2) is 71.5 Å². The number of rotatable bonds is 1. The second-order valence-electron chi connectivity index (χ2n) is 4.91. The Labute approximate surface area is 130 Å². The molecule has 2 heterocycles. The Bertz CT molecular complexity index is 963. The maximum Gasteiger partial charge on any atom is 0.0811 e. The van der Waals surface area contributed by atoms with Gasteiger partial charge in [-0.15, -0.1) is 0 Å². The fourth-order valence-corrected chi connectivity index (χ4v) is 3.10. The molecule has 0 fully saturated rings. The van der Waals surface area contributed by atoms with Crippen molar-refractivity contribution in [3.05, 3.63) is 71.5 Å². The Morgan fingerprint density at radius 1 is 0.857 bits per heavy atom. The third kappa shape index (κ3) is 2.10. The Balaban J connectivity index is 1.99. The Morgan fingerprint density at radius 3 is 2.67 bits per heavy atom. The highest BCUT2D eigenvalue weighted by Crippen LogP contribution is 2.31. The third-order valence-electron chi connectivity index (χ3n) is 3.62. The summed E-state index contributed by atoms with van der Waals surface area (Å²) in [6.07, 6.45) is 3.71. The van der Waals surface area contributed by atoms with Gasteiger partial charge in [0.2, 0.25) is 0 Å². The summed E-state index contributed by atoms with van der Waals surface area (Å²) in [6.45, 7) is 0. The van der Waals surface area contributed by atoms with Gasteiger partial charge in [-0.2, -0.15) is 0 Å². The molecule has 0 spiro atoms. The van der Waals surface area contributed by atoms with Crippen LogP contribution in [0.3, 0.4) is 0 Å². The second kappa shape index (κ2) is 4.93. The molecule has 2 aromatic carbocycles. The van der Waals surface area contributed by atoms with E-state index in [1.807, 2.05) is 36.7 Å². The number of hydrogen-bond acceptors (Lipinski definition) is 2. The molecule has 0 saturated heterocycles. The van der Waals surface area contributed by atoms with Crippen LogP contribution in [0.4, 0.5) is 0 Å². The van der Waals surface area contributed by atoms with Crippen LogP contribution in [0.25, 0.3) is 32.9 Å². The Hall–Kier alpha value is -2.26. The minimum absolute atomic E-state index is 0.967. The summed E-state index contributed by atoms with van der Waals surface area (Å²) in [5.74, 6) is 0. The lowest BCUT2D eigenvalue weighted by Crippen LogP contribution is -1.86. The zero-order valence-electron chi connectivity index (χ0n) is 11.1. The molecule has 3 heteroatoms. The molecule has 2 aromatic heterocycles. The van der Waals surface area contributed by atoms with Crippen LogP contribution in [-0.4, -0.2) is 9.97 Å². The standard InChI is InChI=1S/C18H11BrN2/c19-16-6-2-1-5-14(16)12-7-8-15-17(10-12)21-11-13-4-3-9-20-18(13)15/h1-11H. The van der Waals surface area contributed by atoms with Gasteiger partial charge in [-0.05, 0) is 41.5 Å². The first-order valence-electron chi connectivity index (χ1n) is 6.71. The maximum absolute atomic E-state index is 4.57. The van der Waals surface area contributed by atoms with Gasteiger partial charge in [-0.3, -0.25) is 9.97 Å². The molecule has 0 amide bonds. The number of benzene rings is 2. The predicted molar refractivity (Wildman–Crippen MR) is 90.2 cm³/mol. The van der Waals surface area contributed by atoms with E-state index >= 15 is 0 Å². The highest BCUT2D eigenvalue weighted by Gasteiger charge is 2.06. The van der Waals surface area contributed by atoms with Crippen LogP contribution in [-0.2, 0) is 0 Å². The van der Waals surface area contributed by atoms with E-state index in [4.69, 9.17) is 0 Å². The van der Waals surface area contributed by atoms with Gasteiger partial charge in [-0.25, -0.2) is 0 Å². The van der Waals surface area contributed by atoms with Gasteiger partial charge in [-0.1, -0.05) is 40.2 Å². The fraction of sp³-hybridized carbons (Fsp3) is 0. The smallest absolute Gasteiger partial charge is 0.0811 e. The first-order chi connectivity index (χ1) is 10.3. The number of aromatic nitrogens is 2. The van der Waals surface area contributed by atoms with Crippen molar-refractivity contribution in [2.75, 3.05) is 0 Å². The number of fused-ring (bicyclic) bond motifs is 3. The van der Waals surface area contributed by atoms with Gasteiger partial charge < -0.3 is 0 Å². The van der Waals surface area contributed by atoms with E-state index in [0.717, 1.165) is 31.8 Å². The van der Waals surface area contributed by atoms with Crippen LogP contribution < -0.4 is 0 Å². The monoisotopic (exact) mass is 334 g/mol. The Morgan fingerprint density at radius 2 is 1.76 bits per heavy atom. The summed E-state index contributed by atoms with van der Waals surface area (Å²) in [4.78, 5) is 9.05. The molecule has 0 unspecified atom stereocenters. The van der Waals surface area contributed by atoms with Crippen molar-refractivity contribution < 1.29 is 0 Å². The molecule has 4 aromatic rings. The zero-order valence-corrected chi connectivity index (χ0v) is 12.7. The van der Waals surface area contributed by atoms with E-state index in [2.05, 4.69) is 56.2 Å². The van der Waals surface area contributed by atoms with E-state index < -0.39 is 0 Å². The summed E-state index contributed by atoms with van der Waals surface area (Å²) in [5.41, 5.74) is 4.29. The van der Waals surface area contributed by atoms with Gasteiger partial charge in [0.15, 0.2) is 0 Å². The molecule has 2 nitrogen and oxygen atoms in total. The van der Waals surface area contributed by atoms with Crippen molar-refractivity contribution in [1.29, 1.82) is 0 Å². The molecule has 0 atom stereocenters. The topological polar surface area (TPSA) is 25.8 Å². The SMILES string of the molecule is Brc1ccccc1-c1ccc2c(c1)ncc1cccnc12. The molecular formula is C18H11BrN2. The summed E-state index contributed by atoms with van der Waals surface area (Å²) in [7, 11) is 0. The summed E-state index contributed by atoms with van der Waals surface area (Å²) in [6, 6.07) is 18.5. The third-order valence-corrected chi connectivity index (χ3v) is 4.31. The average molecular weight is 335 g/mol. The highest BCUT2D eigenvalue weighted by molar-refractivity contribution is 9.10. The summed E-state index contributed by atoms with van der Waals surface area (Å²) < 4.78 is 1.09. The lowest BCUT2D eigenvalue weighted by molar-refractivity contribution is 1.38. The van der Waals surface area contributed by atoms with E-state index in [0.29, 0.717) is 0 Å². The molecule has 21 heavy (non-hydrogen) atoms. The van der Waals surface area contributed by atoms with E-state index in [1.54, 1.807) is 0 Å². The number of hydrogen-bond donors (Lipinski definition) is 0. The molecule has 0 radical (unpaired) electrons. The average Bonchev–Trinajstić information content (AvgIpc) is 2.54. The molecular weight excluding hydrogens is 324 g/mol. The first kappa shape index (κ1) is 12.5. The number of nitrogens with zero attached hydrogens (tertiary/aromatic N) is 2. The molecule has 100 valence electrons. The lowest BCUT2D eigenvalue weighted by atomic mass is 10.0. The molecule has 0 aliphatic carbocycles. The summed E-state index contributed by atoms with van der Waals surface area (Å²) in [5, 5.41) is 2.16. The normalized spacial score (nSPS) is 11.1. The molecule has 0 bridgehead atoms. The van der Waals surface area contributed by atoms with Gasteiger partial charge >= 0.3 is 0 Å². The maximum atomic E-state index is 4.57. The number of halogens is 1. The Kier molecular flexibility index (Phi) is 2.93. The van der Waals surface area contributed by atoms with Crippen molar-refractivity contribution in [2.24, 2.45) is 0 Å². The van der Waals surface area contributed by atoms with Crippen molar-refractivity contribution in [3.8, 4) is 11.1 Å². The fourth-order valence-electron chi connectivity index (χ4n) is 2.59. The van der Waals surface area contributed by atoms with Crippen LogP contribution in [0, 0.1) is 0 Å². The largest absolute Gasteiger partial charge is 0.255 e. The molecule has 0 saturated carbocycles. The van der Waals surface area contributed by atoms with Crippen molar-refractivity contribution >= 4 is 37.7 Å². The van der Waals surface area contributed by atoms with Crippen LogP contribution in [0.5, 0.6) is 0 Å². The second-order valence-corrected chi connectivity index (χ2v) is 5.77. The van der Waals surface area contributed by atoms with Gasteiger partial charge in [0.25, 0.3) is 0 Å². The van der Waals surface area contributed by atoms with Gasteiger partial charge in [0.1, 0.15) is 0 Å². The summed E-state index contributed by atoms with van der Waals surface area (Å²) >= 11 is 3.60. The van der Waals surface area contributed by atoms with Crippen LogP contribution in [0.2, 0.25) is 0 Å². The van der Waals surface area contributed by atoms with Crippen molar-refractivity contribution in [3.63, 3.8) is 0 Å². The quantitative estimate of drug-likeness (QED) is 0.446. The van der Waals surface area contributed by atoms with Gasteiger partial charge in [0, 0.05) is 27.6 Å². The van der Waals surface area contributed by atoms with E-state index in [9.17, 15) is 0 Å². The minimum atomic E-state index is 0.967. The highest BCUT2D eigenvalue weighted by atomic mass is 79.9. The molecule has 0 aliphatic rings. The molecule has 4 rings (SSSR count). The van der Waals surface area contributed by atoms with Crippen LogP contribution in [0.1, 0.15) is 0 Å². The van der Waals surface area contributed by atoms with Crippen LogP contribution >= 0.6 is 15.9 Å². The first-order valence-corrected chi connectivity index (χ1v) is 7.50. The predicted octanol–water partition coefficient (Wildman–Crippen LogP) is 5.21. The van der Waals surface area contributed by atoms with Crippen molar-refractivity contribution in [1.82, 2.24) is 9.97 Å². The van der Waals surface area contributed by atoms with E-state index in [-0.39, 0.29) is 0 Å². The zero-order chi connectivity index (χ0) is 14.2. The molecule has 0 aliphatic heterocycles. The molecule has 0 N–H and O–H groups in total. The van der Waals surface area contributed by atoms with E-state index in [1.165, 1.54) is 5.56 Å².